The van der Waals surface area contributed by atoms with Crippen molar-refractivity contribution in [3.8, 4) is 0 Å². The standard InChI is InChI=1S/C26H42O/c1-5-7-18-8-9-22-20-12-14-24(3)21(10-11-23(24)25(4)17-27-25)19(20)13-15-26(22,6-2)16-18/h6,18-23H,2,5,7-17H2,1,3-4H3/t18-,19+,20?,21?,22+,23-,24-,25?,26+/m0/s1. The fourth-order valence-corrected chi connectivity index (χ4v) is 9.40. The molecule has 1 aliphatic heterocycles. The number of epoxide rings is 1. The average molecular weight is 371 g/mol. The van der Waals surface area contributed by atoms with Gasteiger partial charge in [-0.1, -0.05) is 39.2 Å². The molecule has 9 atom stereocenters. The van der Waals surface area contributed by atoms with Crippen LogP contribution >= 0.6 is 0 Å². The molecule has 3 unspecified atom stereocenters. The fraction of sp³-hybridized carbons (Fsp3) is 0.923. The van der Waals surface area contributed by atoms with Crippen molar-refractivity contribution < 1.29 is 4.74 Å². The summed E-state index contributed by atoms with van der Waals surface area (Å²) >= 11 is 0. The van der Waals surface area contributed by atoms with Gasteiger partial charge in [0.15, 0.2) is 0 Å². The normalized spacial score (nSPS) is 56.7. The van der Waals surface area contributed by atoms with Crippen molar-refractivity contribution >= 4 is 0 Å². The molecule has 5 rings (SSSR count). The number of fused-ring (bicyclic) bond motifs is 5. The first-order valence-corrected chi connectivity index (χ1v) is 12.2. The Balaban J connectivity index is 1.38. The molecule has 27 heavy (non-hydrogen) atoms. The molecule has 0 radical (unpaired) electrons. The van der Waals surface area contributed by atoms with Crippen molar-refractivity contribution in [2.75, 3.05) is 6.61 Å². The third kappa shape index (κ3) is 2.66. The van der Waals surface area contributed by atoms with Crippen molar-refractivity contribution in [2.45, 2.75) is 97.0 Å². The Labute approximate surface area is 167 Å². The number of rotatable bonds is 4. The lowest BCUT2D eigenvalue weighted by Crippen LogP contribution is -2.53. The maximum Gasteiger partial charge on any atom is 0.0921 e. The summed E-state index contributed by atoms with van der Waals surface area (Å²) in [6, 6.07) is 0. The summed E-state index contributed by atoms with van der Waals surface area (Å²) in [6.07, 6.45) is 18.5. The highest BCUT2D eigenvalue weighted by Gasteiger charge is 2.64. The summed E-state index contributed by atoms with van der Waals surface area (Å²) < 4.78 is 5.97. The van der Waals surface area contributed by atoms with Crippen molar-refractivity contribution in [3.63, 3.8) is 0 Å². The van der Waals surface area contributed by atoms with Crippen LogP contribution in [0.25, 0.3) is 0 Å². The second kappa shape index (κ2) is 6.35. The van der Waals surface area contributed by atoms with Crippen LogP contribution in [-0.2, 0) is 4.74 Å². The smallest absolute Gasteiger partial charge is 0.0921 e. The zero-order valence-corrected chi connectivity index (χ0v) is 18.1. The molecule has 0 aromatic heterocycles. The SMILES string of the molecule is C=C[C@]12CC[C@@H]3C(CC[C@@]4(C)C3CC[C@@H]4C3(C)CO3)[C@H]1CC[C@H](CCC)C2. The highest BCUT2D eigenvalue weighted by Crippen LogP contribution is 2.69. The number of hydrogen-bond acceptors (Lipinski definition) is 1. The first kappa shape index (κ1) is 18.7. The van der Waals surface area contributed by atoms with E-state index in [-0.39, 0.29) is 5.60 Å². The second-order valence-corrected chi connectivity index (χ2v) is 11.7. The summed E-state index contributed by atoms with van der Waals surface area (Å²) in [5.74, 6) is 5.69. The van der Waals surface area contributed by atoms with E-state index in [0.29, 0.717) is 10.8 Å². The van der Waals surface area contributed by atoms with Gasteiger partial charge in [-0.2, -0.15) is 0 Å². The third-order valence-corrected chi connectivity index (χ3v) is 10.7. The molecule has 1 nitrogen and oxygen atoms in total. The number of ether oxygens (including phenoxy) is 1. The van der Waals surface area contributed by atoms with Crippen LogP contribution in [0.5, 0.6) is 0 Å². The van der Waals surface area contributed by atoms with E-state index >= 15 is 0 Å². The van der Waals surface area contributed by atoms with Gasteiger partial charge in [-0.15, -0.1) is 6.58 Å². The van der Waals surface area contributed by atoms with E-state index in [4.69, 9.17) is 4.74 Å². The van der Waals surface area contributed by atoms with Crippen molar-refractivity contribution in [2.24, 2.45) is 46.3 Å². The Morgan fingerprint density at radius 1 is 0.963 bits per heavy atom. The minimum Gasteiger partial charge on any atom is -0.370 e. The van der Waals surface area contributed by atoms with Gasteiger partial charge in [-0.25, -0.2) is 0 Å². The molecule has 1 heteroatoms. The van der Waals surface area contributed by atoms with Gasteiger partial charge in [-0.3, -0.25) is 0 Å². The monoisotopic (exact) mass is 370 g/mol. The largest absolute Gasteiger partial charge is 0.370 e. The maximum absolute atomic E-state index is 5.97. The Kier molecular flexibility index (Phi) is 4.40. The highest BCUT2D eigenvalue weighted by atomic mass is 16.6. The van der Waals surface area contributed by atoms with Crippen LogP contribution in [0.3, 0.4) is 0 Å². The first-order valence-electron chi connectivity index (χ1n) is 12.2. The molecule has 4 saturated carbocycles. The summed E-state index contributed by atoms with van der Waals surface area (Å²) in [7, 11) is 0. The lowest BCUT2D eigenvalue weighted by atomic mass is 9.44. The quantitative estimate of drug-likeness (QED) is 0.383. The Bertz CT molecular complexity index is 591. The molecule has 1 heterocycles. The van der Waals surface area contributed by atoms with Gasteiger partial charge in [0.25, 0.3) is 0 Å². The van der Waals surface area contributed by atoms with Crippen LogP contribution in [0.15, 0.2) is 12.7 Å². The molecule has 0 aromatic rings. The Morgan fingerprint density at radius 2 is 1.67 bits per heavy atom. The van der Waals surface area contributed by atoms with Gasteiger partial charge in [0.1, 0.15) is 0 Å². The lowest BCUT2D eigenvalue weighted by Gasteiger charge is -2.60. The summed E-state index contributed by atoms with van der Waals surface area (Å²) in [5.41, 5.74) is 1.27. The van der Waals surface area contributed by atoms with Crippen LogP contribution in [0.2, 0.25) is 0 Å². The Hall–Kier alpha value is -0.300. The molecule has 0 N–H and O–H groups in total. The van der Waals surface area contributed by atoms with Crippen molar-refractivity contribution in [1.82, 2.24) is 0 Å². The highest BCUT2D eigenvalue weighted by molar-refractivity contribution is 5.15. The minimum absolute atomic E-state index is 0.230. The number of allylic oxidation sites excluding steroid dienone is 1. The molecule has 1 saturated heterocycles. The topological polar surface area (TPSA) is 12.5 Å². The molecule has 0 spiro atoms. The van der Waals surface area contributed by atoms with Gasteiger partial charge in [0, 0.05) is 0 Å². The minimum atomic E-state index is 0.230. The van der Waals surface area contributed by atoms with E-state index in [0.717, 1.165) is 42.1 Å². The van der Waals surface area contributed by atoms with E-state index in [9.17, 15) is 0 Å². The van der Waals surface area contributed by atoms with Gasteiger partial charge in [0.05, 0.1) is 12.2 Å². The van der Waals surface area contributed by atoms with E-state index in [1.165, 1.54) is 70.6 Å². The summed E-state index contributed by atoms with van der Waals surface area (Å²) in [4.78, 5) is 0. The second-order valence-electron chi connectivity index (χ2n) is 11.7. The van der Waals surface area contributed by atoms with E-state index < -0.39 is 0 Å². The molecule has 152 valence electrons. The lowest BCUT2D eigenvalue weighted by molar-refractivity contribution is -0.0986. The van der Waals surface area contributed by atoms with E-state index in [1.54, 1.807) is 0 Å². The molecule has 4 aliphatic carbocycles. The average Bonchev–Trinajstić information content (AvgIpc) is 3.30. The van der Waals surface area contributed by atoms with Crippen LogP contribution in [0, 0.1) is 46.3 Å². The predicted octanol–water partition coefficient (Wildman–Crippen LogP) is 7.02. The van der Waals surface area contributed by atoms with Crippen LogP contribution in [0.1, 0.15) is 91.4 Å². The van der Waals surface area contributed by atoms with Crippen LogP contribution in [0.4, 0.5) is 0 Å². The molecule has 5 fully saturated rings. The van der Waals surface area contributed by atoms with Gasteiger partial charge in [-0.05, 0) is 105 Å². The van der Waals surface area contributed by atoms with E-state index in [2.05, 4.69) is 33.4 Å². The molecular formula is C26H42O. The fourth-order valence-electron chi connectivity index (χ4n) is 9.40. The number of hydrogen-bond donors (Lipinski definition) is 0. The Morgan fingerprint density at radius 3 is 2.37 bits per heavy atom. The molecule has 5 aliphatic rings. The summed E-state index contributed by atoms with van der Waals surface area (Å²) in [6.45, 7) is 12.9. The molecular weight excluding hydrogens is 328 g/mol. The predicted molar refractivity (Wildman–Crippen MR) is 112 cm³/mol. The molecule has 0 bridgehead atoms. The molecule has 0 aromatic carbocycles. The van der Waals surface area contributed by atoms with Crippen LogP contribution in [-0.4, -0.2) is 12.2 Å². The third-order valence-electron chi connectivity index (χ3n) is 10.7. The zero-order chi connectivity index (χ0) is 18.9. The van der Waals surface area contributed by atoms with Crippen molar-refractivity contribution in [3.05, 3.63) is 12.7 Å². The molecule has 0 amide bonds. The maximum atomic E-state index is 5.97. The summed E-state index contributed by atoms with van der Waals surface area (Å²) in [5, 5.41) is 0. The van der Waals surface area contributed by atoms with E-state index in [1.807, 2.05) is 0 Å². The van der Waals surface area contributed by atoms with Crippen molar-refractivity contribution in [1.29, 1.82) is 0 Å². The van der Waals surface area contributed by atoms with Gasteiger partial charge >= 0.3 is 0 Å². The van der Waals surface area contributed by atoms with Gasteiger partial charge in [0.2, 0.25) is 0 Å². The van der Waals surface area contributed by atoms with Crippen LogP contribution < -0.4 is 0 Å². The first-order chi connectivity index (χ1) is 13.0. The zero-order valence-electron chi connectivity index (χ0n) is 18.1. The van der Waals surface area contributed by atoms with Gasteiger partial charge < -0.3 is 4.74 Å².